The molecule has 0 saturated carbocycles. The summed E-state index contributed by atoms with van der Waals surface area (Å²) in [6.45, 7) is 1.75. The van der Waals surface area contributed by atoms with Crippen LogP contribution in [0.5, 0.6) is 5.75 Å². The van der Waals surface area contributed by atoms with E-state index in [2.05, 4.69) is 21.5 Å². The van der Waals surface area contributed by atoms with E-state index < -0.39 is 18.0 Å². The van der Waals surface area contributed by atoms with E-state index in [1.807, 2.05) is 0 Å². The monoisotopic (exact) mass is 417 g/mol. The number of ether oxygens (including phenoxy) is 1. The quantitative estimate of drug-likeness (QED) is 0.488. The lowest BCUT2D eigenvalue weighted by atomic mass is 10.0. The van der Waals surface area contributed by atoms with Crippen molar-refractivity contribution in [3.05, 3.63) is 77.9 Å². The average molecular weight is 417 g/mol. The lowest BCUT2D eigenvalue weighted by Crippen LogP contribution is -2.13. The van der Waals surface area contributed by atoms with E-state index in [4.69, 9.17) is 4.74 Å². The SMILES string of the molecule is C[C@H](Oc1cc2cc(F)ccc2nc1NC(=O)O)c1cc(C#N)ccc1-n1cccn1. The molecule has 2 heterocycles. The van der Waals surface area contributed by atoms with Crippen LogP contribution in [0.1, 0.15) is 24.2 Å². The van der Waals surface area contributed by atoms with Crippen LogP contribution < -0.4 is 10.1 Å². The molecular weight excluding hydrogens is 401 g/mol. The molecule has 31 heavy (non-hydrogen) atoms. The lowest BCUT2D eigenvalue weighted by molar-refractivity contribution is 0.208. The lowest BCUT2D eigenvalue weighted by Gasteiger charge is -2.20. The fourth-order valence-electron chi connectivity index (χ4n) is 3.23. The molecule has 4 aromatic rings. The first-order chi connectivity index (χ1) is 14.9. The molecule has 8 nitrogen and oxygen atoms in total. The standard InChI is InChI=1S/C22H16FN5O3/c1-13(17-9-14(12-24)3-6-19(17)28-8-2-7-25-28)31-20-11-15-10-16(23)4-5-18(15)26-21(20)27-22(29)30/h2-11,13H,1H3,(H,26,27)(H,29,30)/t13-/m0/s1. The van der Waals surface area contributed by atoms with E-state index in [9.17, 15) is 19.6 Å². The fraction of sp³-hybridized carbons (Fsp3) is 0.0909. The molecule has 0 radical (unpaired) electrons. The number of amides is 1. The summed E-state index contributed by atoms with van der Waals surface area (Å²) in [6.07, 6.45) is 1.46. The van der Waals surface area contributed by atoms with E-state index in [1.54, 1.807) is 48.3 Å². The van der Waals surface area contributed by atoms with Crippen LogP contribution in [0.25, 0.3) is 16.6 Å². The summed E-state index contributed by atoms with van der Waals surface area (Å²) in [5.74, 6) is -0.341. The number of pyridine rings is 1. The number of rotatable bonds is 5. The number of benzene rings is 2. The smallest absolute Gasteiger partial charge is 0.410 e. The maximum Gasteiger partial charge on any atom is 0.410 e. The number of hydrogen-bond acceptors (Lipinski definition) is 5. The first-order valence-corrected chi connectivity index (χ1v) is 9.25. The van der Waals surface area contributed by atoms with Gasteiger partial charge >= 0.3 is 6.09 Å². The summed E-state index contributed by atoms with van der Waals surface area (Å²) in [6, 6.07) is 14.5. The van der Waals surface area contributed by atoms with Gasteiger partial charge in [-0.05, 0) is 55.5 Å². The predicted molar refractivity (Wildman–Crippen MR) is 111 cm³/mol. The molecule has 9 heteroatoms. The molecule has 1 amide bonds. The largest absolute Gasteiger partial charge is 0.482 e. The van der Waals surface area contributed by atoms with Crippen molar-refractivity contribution in [2.24, 2.45) is 0 Å². The number of aromatic nitrogens is 3. The Hall–Kier alpha value is -4.45. The molecule has 4 rings (SSSR count). The summed E-state index contributed by atoms with van der Waals surface area (Å²) in [7, 11) is 0. The highest BCUT2D eigenvalue weighted by Gasteiger charge is 2.19. The third-order valence-corrected chi connectivity index (χ3v) is 4.62. The molecule has 0 fully saturated rings. The fourth-order valence-corrected chi connectivity index (χ4v) is 3.23. The number of halogens is 1. The Morgan fingerprint density at radius 3 is 2.84 bits per heavy atom. The second-order valence-corrected chi connectivity index (χ2v) is 6.70. The third kappa shape index (κ3) is 4.13. The van der Waals surface area contributed by atoms with Gasteiger partial charge in [-0.1, -0.05) is 0 Å². The summed E-state index contributed by atoms with van der Waals surface area (Å²) in [4.78, 5) is 15.5. The Bertz CT molecular complexity index is 1310. The van der Waals surface area contributed by atoms with Crippen LogP contribution in [0.4, 0.5) is 15.0 Å². The number of hydrogen-bond donors (Lipinski definition) is 2. The van der Waals surface area contributed by atoms with Gasteiger partial charge in [0, 0.05) is 23.3 Å². The molecule has 0 bridgehead atoms. The number of nitriles is 1. The van der Waals surface area contributed by atoms with Gasteiger partial charge in [-0.3, -0.25) is 5.32 Å². The van der Waals surface area contributed by atoms with Gasteiger partial charge in [0.1, 0.15) is 11.9 Å². The Morgan fingerprint density at radius 2 is 2.13 bits per heavy atom. The molecule has 0 aliphatic carbocycles. The maximum atomic E-state index is 13.7. The Morgan fingerprint density at radius 1 is 1.29 bits per heavy atom. The van der Waals surface area contributed by atoms with Crippen LogP contribution in [-0.2, 0) is 0 Å². The molecule has 2 N–H and O–H groups in total. The van der Waals surface area contributed by atoms with E-state index in [0.717, 1.165) is 0 Å². The van der Waals surface area contributed by atoms with Crippen LogP contribution in [0.15, 0.2) is 60.9 Å². The Balaban J connectivity index is 1.78. The summed E-state index contributed by atoms with van der Waals surface area (Å²) in [5.41, 5.74) is 2.20. The predicted octanol–water partition coefficient (Wildman–Crippen LogP) is 4.66. The molecule has 2 aromatic carbocycles. The number of nitrogens with zero attached hydrogens (tertiary/aromatic N) is 4. The minimum atomic E-state index is -1.31. The van der Waals surface area contributed by atoms with Crippen molar-refractivity contribution in [3.8, 4) is 17.5 Å². The topological polar surface area (TPSA) is 113 Å². The normalized spacial score (nSPS) is 11.6. The van der Waals surface area contributed by atoms with Crippen molar-refractivity contribution in [1.29, 1.82) is 5.26 Å². The highest BCUT2D eigenvalue weighted by atomic mass is 19.1. The van der Waals surface area contributed by atoms with Crippen LogP contribution in [0.2, 0.25) is 0 Å². The van der Waals surface area contributed by atoms with Gasteiger partial charge in [0.05, 0.1) is 22.8 Å². The van der Waals surface area contributed by atoms with Crippen molar-refractivity contribution in [1.82, 2.24) is 14.8 Å². The Kier molecular flexibility index (Phi) is 5.20. The molecule has 0 unspecified atom stereocenters. The highest BCUT2D eigenvalue weighted by molar-refractivity contribution is 5.89. The molecule has 154 valence electrons. The summed E-state index contributed by atoms with van der Waals surface area (Å²) in [5, 5.41) is 25.4. The second-order valence-electron chi connectivity index (χ2n) is 6.70. The number of carbonyl (C=O) groups is 1. The van der Waals surface area contributed by atoms with E-state index >= 15 is 0 Å². The summed E-state index contributed by atoms with van der Waals surface area (Å²) >= 11 is 0. The molecule has 0 saturated heterocycles. The van der Waals surface area contributed by atoms with Crippen molar-refractivity contribution >= 4 is 22.8 Å². The van der Waals surface area contributed by atoms with Crippen molar-refractivity contribution in [2.45, 2.75) is 13.0 Å². The first-order valence-electron chi connectivity index (χ1n) is 9.25. The van der Waals surface area contributed by atoms with Gasteiger partial charge in [-0.25, -0.2) is 18.9 Å². The van der Waals surface area contributed by atoms with Gasteiger partial charge in [-0.15, -0.1) is 0 Å². The molecule has 0 aliphatic rings. The molecule has 0 spiro atoms. The minimum absolute atomic E-state index is 0.0180. The zero-order valence-corrected chi connectivity index (χ0v) is 16.3. The van der Waals surface area contributed by atoms with Gasteiger partial charge in [0.2, 0.25) is 0 Å². The number of nitrogens with one attached hydrogen (secondary N) is 1. The average Bonchev–Trinajstić information content (AvgIpc) is 3.28. The van der Waals surface area contributed by atoms with Crippen LogP contribution in [0, 0.1) is 17.1 Å². The van der Waals surface area contributed by atoms with Crippen LogP contribution in [0.3, 0.4) is 0 Å². The number of carboxylic acid groups (broad SMARTS) is 1. The van der Waals surface area contributed by atoms with Crippen LogP contribution >= 0.6 is 0 Å². The Labute approximate surface area is 176 Å². The number of anilines is 1. The van der Waals surface area contributed by atoms with Gasteiger partial charge in [0.15, 0.2) is 11.6 Å². The minimum Gasteiger partial charge on any atom is -0.482 e. The second kappa shape index (κ2) is 8.12. The van der Waals surface area contributed by atoms with Gasteiger partial charge in [-0.2, -0.15) is 10.4 Å². The first kappa shape index (κ1) is 19.8. The highest BCUT2D eigenvalue weighted by Crippen LogP contribution is 2.33. The zero-order chi connectivity index (χ0) is 22.0. The van der Waals surface area contributed by atoms with Crippen molar-refractivity contribution < 1.29 is 19.0 Å². The van der Waals surface area contributed by atoms with Crippen molar-refractivity contribution in [2.75, 3.05) is 5.32 Å². The third-order valence-electron chi connectivity index (χ3n) is 4.62. The van der Waals surface area contributed by atoms with E-state index in [-0.39, 0.29) is 11.6 Å². The van der Waals surface area contributed by atoms with Gasteiger partial charge in [0.25, 0.3) is 0 Å². The molecular formula is C22H16FN5O3. The van der Waals surface area contributed by atoms with Crippen molar-refractivity contribution in [3.63, 3.8) is 0 Å². The zero-order valence-electron chi connectivity index (χ0n) is 16.3. The maximum absolute atomic E-state index is 13.7. The molecule has 1 atom stereocenters. The van der Waals surface area contributed by atoms with E-state index in [1.165, 1.54) is 24.3 Å². The van der Waals surface area contributed by atoms with Gasteiger partial charge < -0.3 is 9.84 Å². The van der Waals surface area contributed by atoms with Crippen LogP contribution in [-0.4, -0.2) is 26.0 Å². The van der Waals surface area contributed by atoms with E-state index in [0.29, 0.717) is 27.7 Å². The summed E-state index contributed by atoms with van der Waals surface area (Å²) < 4.78 is 21.4. The molecule has 2 aromatic heterocycles. The number of fused-ring (bicyclic) bond motifs is 1. The molecule has 0 aliphatic heterocycles.